The van der Waals surface area contributed by atoms with E-state index in [1.807, 2.05) is 30.3 Å². The third kappa shape index (κ3) is 3.55. The number of nitrogens with one attached hydrogen (secondary N) is 1. The number of amides is 1. The molecule has 0 bridgehead atoms. The van der Waals surface area contributed by atoms with Crippen LogP contribution >= 0.6 is 0 Å². The van der Waals surface area contributed by atoms with Gasteiger partial charge in [-0.3, -0.25) is 4.79 Å². The number of anilines is 1. The van der Waals surface area contributed by atoms with Crippen LogP contribution in [0, 0.1) is 0 Å². The Hall–Kier alpha value is -3.35. The van der Waals surface area contributed by atoms with Crippen molar-refractivity contribution in [3.63, 3.8) is 0 Å². The van der Waals surface area contributed by atoms with E-state index in [4.69, 9.17) is 9.72 Å². The number of H-pyrrole nitrogens is 1. The molecule has 4 rings (SSSR count). The number of fused-ring (bicyclic) bond motifs is 1. The van der Waals surface area contributed by atoms with Gasteiger partial charge in [-0.15, -0.1) is 0 Å². The van der Waals surface area contributed by atoms with E-state index in [0.29, 0.717) is 38.4 Å². The molecule has 0 saturated carbocycles. The normalized spacial score (nSPS) is 14.3. The highest BCUT2D eigenvalue weighted by Gasteiger charge is 2.25. The van der Waals surface area contributed by atoms with Gasteiger partial charge in [-0.1, -0.05) is 30.3 Å². The first-order chi connectivity index (χ1) is 13.7. The number of aromatic amines is 1. The van der Waals surface area contributed by atoms with Crippen LogP contribution in [-0.4, -0.2) is 53.7 Å². The van der Waals surface area contributed by atoms with Crippen LogP contribution in [0.25, 0.3) is 22.2 Å². The highest BCUT2D eigenvalue weighted by molar-refractivity contribution is 5.88. The first kappa shape index (κ1) is 18.0. The number of rotatable bonds is 3. The van der Waals surface area contributed by atoms with Gasteiger partial charge in [0, 0.05) is 43.2 Å². The maximum absolute atomic E-state index is 12.0. The number of hydrogen-bond donors (Lipinski definition) is 1. The molecule has 0 unspecified atom stereocenters. The van der Waals surface area contributed by atoms with Crippen LogP contribution in [0.15, 0.2) is 53.3 Å². The molecule has 1 N–H and O–H groups in total. The Bertz CT molecular complexity index is 1040. The fourth-order valence-corrected chi connectivity index (χ4v) is 3.46. The third-order valence-electron chi connectivity index (χ3n) is 4.88. The second kappa shape index (κ2) is 7.72. The van der Waals surface area contributed by atoms with Crippen molar-refractivity contribution in [2.45, 2.75) is 6.92 Å². The zero-order chi connectivity index (χ0) is 19.5. The topological polar surface area (TPSA) is 78.5 Å². The Labute approximate surface area is 162 Å². The third-order valence-corrected chi connectivity index (χ3v) is 4.88. The van der Waals surface area contributed by atoms with Crippen LogP contribution in [0.5, 0.6) is 0 Å². The molecule has 0 spiro atoms. The molecule has 3 aromatic rings. The zero-order valence-corrected chi connectivity index (χ0v) is 15.7. The van der Waals surface area contributed by atoms with E-state index in [0.717, 1.165) is 22.3 Å². The van der Waals surface area contributed by atoms with E-state index in [-0.39, 0.29) is 11.7 Å². The fourth-order valence-electron chi connectivity index (χ4n) is 3.46. The SMILES string of the molecule is CCOC(=O)N1CCN(c2nc3[nH]c(=O)ccc3cc2-c2ccccc2)CC1. The highest BCUT2D eigenvalue weighted by atomic mass is 16.6. The number of pyridine rings is 2. The summed E-state index contributed by atoms with van der Waals surface area (Å²) in [6.07, 6.45) is -0.277. The van der Waals surface area contributed by atoms with E-state index >= 15 is 0 Å². The van der Waals surface area contributed by atoms with E-state index in [1.165, 1.54) is 6.07 Å². The van der Waals surface area contributed by atoms with Crippen molar-refractivity contribution < 1.29 is 9.53 Å². The molecule has 144 valence electrons. The van der Waals surface area contributed by atoms with Gasteiger partial charge in [-0.25, -0.2) is 9.78 Å². The summed E-state index contributed by atoms with van der Waals surface area (Å²) >= 11 is 0. The molecule has 7 nitrogen and oxygen atoms in total. The summed E-state index contributed by atoms with van der Waals surface area (Å²) < 4.78 is 5.10. The van der Waals surface area contributed by atoms with Crippen molar-refractivity contribution in [2.75, 3.05) is 37.7 Å². The van der Waals surface area contributed by atoms with Crippen molar-refractivity contribution in [2.24, 2.45) is 0 Å². The van der Waals surface area contributed by atoms with Crippen LogP contribution in [-0.2, 0) is 4.74 Å². The van der Waals surface area contributed by atoms with Crippen molar-refractivity contribution in [3.8, 4) is 11.1 Å². The minimum atomic E-state index is -0.277. The zero-order valence-electron chi connectivity index (χ0n) is 15.7. The maximum atomic E-state index is 12.0. The first-order valence-corrected chi connectivity index (χ1v) is 9.42. The lowest BCUT2D eigenvalue weighted by molar-refractivity contribution is 0.105. The van der Waals surface area contributed by atoms with Crippen LogP contribution in [0.4, 0.5) is 10.6 Å². The number of benzene rings is 1. The van der Waals surface area contributed by atoms with Crippen molar-refractivity contribution >= 4 is 22.9 Å². The van der Waals surface area contributed by atoms with Crippen LogP contribution in [0.2, 0.25) is 0 Å². The average molecular weight is 378 g/mol. The Morgan fingerprint density at radius 1 is 1.11 bits per heavy atom. The summed E-state index contributed by atoms with van der Waals surface area (Å²) in [7, 11) is 0. The lowest BCUT2D eigenvalue weighted by Gasteiger charge is -2.35. The monoisotopic (exact) mass is 378 g/mol. The number of nitrogens with zero attached hydrogens (tertiary/aromatic N) is 3. The molecule has 0 radical (unpaired) electrons. The first-order valence-electron chi connectivity index (χ1n) is 9.42. The molecule has 2 aromatic heterocycles. The van der Waals surface area contributed by atoms with Crippen LogP contribution in [0.1, 0.15) is 6.92 Å². The minimum absolute atomic E-state index is 0.175. The summed E-state index contributed by atoms with van der Waals surface area (Å²) in [6.45, 7) is 4.61. The molecule has 1 aromatic carbocycles. The van der Waals surface area contributed by atoms with Gasteiger partial charge >= 0.3 is 6.09 Å². The molecule has 0 aliphatic carbocycles. The van der Waals surface area contributed by atoms with Gasteiger partial charge in [0.1, 0.15) is 11.5 Å². The minimum Gasteiger partial charge on any atom is -0.450 e. The van der Waals surface area contributed by atoms with Crippen molar-refractivity contribution in [1.82, 2.24) is 14.9 Å². The number of aromatic nitrogens is 2. The van der Waals surface area contributed by atoms with Crippen molar-refractivity contribution in [1.29, 1.82) is 0 Å². The fraction of sp³-hybridized carbons (Fsp3) is 0.286. The number of ether oxygens (including phenoxy) is 1. The molecular formula is C21H22N4O3. The maximum Gasteiger partial charge on any atom is 0.409 e. The van der Waals surface area contributed by atoms with Gasteiger partial charge in [0.2, 0.25) is 5.56 Å². The average Bonchev–Trinajstić information content (AvgIpc) is 2.73. The van der Waals surface area contributed by atoms with Gasteiger partial charge < -0.3 is 19.5 Å². The molecule has 0 atom stereocenters. The summed E-state index contributed by atoms with van der Waals surface area (Å²) in [5, 5.41) is 0.882. The molecule has 7 heteroatoms. The van der Waals surface area contributed by atoms with Crippen LogP contribution in [0.3, 0.4) is 0 Å². The number of piperazine rings is 1. The van der Waals surface area contributed by atoms with Gasteiger partial charge in [0.25, 0.3) is 0 Å². The Balaban J connectivity index is 1.71. The molecule has 1 aliphatic heterocycles. The number of carbonyl (C=O) groups excluding carboxylic acids is 1. The summed E-state index contributed by atoms with van der Waals surface area (Å²) in [5.41, 5.74) is 2.45. The Kier molecular flexibility index (Phi) is 4.97. The quantitative estimate of drug-likeness (QED) is 0.758. The molecule has 1 amide bonds. The number of carbonyl (C=O) groups is 1. The molecular weight excluding hydrogens is 356 g/mol. The predicted molar refractivity (Wildman–Crippen MR) is 109 cm³/mol. The molecule has 1 fully saturated rings. The van der Waals surface area contributed by atoms with E-state index in [9.17, 15) is 9.59 Å². The van der Waals surface area contributed by atoms with Gasteiger partial charge in [-0.2, -0.15) is 0 Å². The van der Waals surface area contributed by atoms with Crippen molar-refractivity contribution in [3.05, 3.63) is 58.9 Å². The predicted octanol–water partition coefficient (Wildman–Crippen LogP) is 2.87. The highest BCUT2D eigenvalue weighted by Crippen LogP contribution is 2.32. The second-order valence-electron chi connectivity index (χ2n) is 6.66. The summed E-state index contributed by atoms with van der Waals surface area (Å²) in [6, 6.07) is 15.4. The Morgan fingerprint density at radius 2 is 1.86 bits per heavy atom. The van der Waals surface area contributed by atoms with Gasteiger partial charge in [0.15, 0.2) is 0 Å². The standard InChI is InChI=1S/C21H22N4O3/c1-2-28-21(27)25-12-10-24(11-13-25)20-17(15-6-4-3-5-7-15)14-16-8-9-18(26)22-19(16)23-20/h3-9,14H,2,10-13H2,1H3,(H,22,23,26). The second-order valence-corrected chi connectivity index (χ2v) is 6.66. The van der Waals surface area contributed by atoms with Gasteiger partial charge in [0.05, 0.1) is 6.61 Å². The molecule has 28 heavy (non-hydrogen) atoms. The lowest BCUT2D eigenvalue weighted by Crippen LogP contribution is -2.49. The summed E-state index contributed by atoms with van der Waals surface area (Å²) in [5.74, 6) is 0.809. The van der Waals surface area contributed by atoms with E-state index < -0.39 is 0 Å². The largest absolute Gasteiger partial charge is 0.450 e. The smallest absolute Gasteiger partial charge is 0.409 e. The van der Waals surface area contributed by atoms with E-state index in [2.05, 4.69) is 16.0 Å². The summed E-state index contributed by atoms with van der Waals surface area (Å²) in [4.78, 5) is 35.2. The molecule has 1 aliphatic rings. The number of hydrogen-bond acceptors (Lipinski definition) is 5. The molecule has 3 heterocycles. The van der Waals surface area contributed by atoms with E-state index in [1.54, 1.807) is 17.9 Å². The molecule has 1 saturated heterocycles. The van der Waals surface area contributed by atoms with Crippen LogP contribution < -0.4 is 10.5 Å². The van der Waals surface area contributed by atoms with Gasteiger partial charge in [-0.05, 0) is 24.6 Å². The lowest BCUT2D eigenvalue weighted by atomic mass is 10.0. The Morgan fingerprint density at radius 3 is 2.57 bits per heavy atom.